The number of fused-ring (bicyclic) bond motifs is 1. The summed E-state index contributed by atoms with van der Waals surface area (Å²) in [6.45, 7) is 12.5. The molecule has 0 spiro atoms. The van der Waals surface area contributed by atoms with Gasteiger partial charge in [0, 0.05) is 44.3 Å². The molecule has 1 aromatic carbocycles. The zero-order valence-corrected chi connectivity index (χ0v) is 22.9. The number of sulfonamides is 1. The van der Waals surface area contributed by atoms with Crippen LogP contribution in [-0.2, 0) is 16.6 Å². The summed E-state index contributed by atoms with van der Waals surface area (Å²) < 4.78 is 25.7. The molecular formula is C28H45N3O3S. The van der Waals surface area contributed by atoms with Crippen molar-refractivity contribution in [2.24, 2.45) is 23.7 Å². The van der Waals surface area contributed by atoms with Gasteiger partial charge in [0.25, 0.3) is 5.91 Å². The summed E-state index contributed by atoms with van der Waals surface area (Å²) in [5.41, 5.74) is 3.44. The molecule has 1 aliphatic carbocycles. The van der Waals surface area contributed by atoms with Gasteiger partial charge in [-0.2, -0.15) is 0 Å². The first kappa shape index (κ1) is 26.6. The van der Waals surface area contributed by atoms with Gasteiger partial charge in [-0.1, -0.05) is 39.7 Å². The molecule has 4 rings (SSSR count). The molecule has 1 saturated carbocycles. The van der Waals surface area contributed by atoms with Crippen LogP contribution in [0.1, 0.15) is 93.7 Å². The minimum absolute atomic E-state index is 0.0165. The fourth-order valence-electron chi connectivity index (χ4n) is 6.40. The lowest BCUT2D eigenvalue weighted by atomic mass is 9.82. The molecule has 2 heterocycles. The second-order valence-corrected chi connectivity index (χ2v) is 13.9. The quantitative estimate of drug-likeness (QED) is 0.552. The van der Waals surface area contributed by atoms with Gasteiger partial charge in [-0.25, -0.2) is 12.7 Å². The number of carbonyl (C=O) groups is 1. The number of hydrogen-bond acceptors (Lipinski definition) is 4. The zero-order valence-electron chi connectivity index (χ0n) is 22.1. The maximum Gasteiger partial charge on any atom is 0.251 e. The molecule has 1 atom stereocenters. The molecule has 1 saturated heterocycles. The van der Waals surface area contributed by atoms with Gasteiger partial charge in [-0.3, -0.25) is 9.69 Å². The van der Waals surface area contributed by atoms with E-state index in [0.717, 1.165) is 43.3 Å². The average Bonchev–Trinajstić information content (AvgIpc) is 3.21. The van der Waals surface area contributed by atoms with E-state index in [9.17, 15) is 13.2 Å². The monoisotopic (exact) mass is 503 g/mol. The van der Waals surface area contributed by atoms with Crippen molar-refractivity contribution in [1.82, 2.24) is 14.5 Å². The smallest absolute Gasteiger partial charge is 0.251 e. The first-order chi connectivity index (χ1) is 16.7. The number of hydrogen-bond donors (Lipinski definition) is 1. The summed E-state index contributed by atoms with van der Waals surface area (Å²) in [7, 11) is -3.11. The molecule has 7 heteroatoms. The SMILES string of the molecule is CCS(=O)(=O)N1CCC(CNC(=O)c2ccc3c(c2)CN(C[C@H]2CC[C@H](C)CC2)[C@@H]3C(C)C)CC1. The van der Waals surface area contributed by atoms with E-state index in [-0.39, 0.29) is 11.7 Å². The van der Waals surface area contributed by atoms with E-state index in [0.29, 0.717) is 37.5 Å². The number of benzene rings is 1. The molecule has 0 radical (unpaired) electrons. The maximum atomic E-state index is 13.0. The highest BCUT2D eigenvalue weighted by molar-refractivity contribution is 7.89. The molecule has 1 N–H and O–H groups in total. The first-order valence-corrected chi connectivity index (χ1v) is 15.4. The Bertz CT molecular complexity index is 977. The Hall–Kier alpha value is -1.44. The van der Waals surface area contributed by atoms with Crippen molar-refractivity contribution in [2.75, 3.05) is 31.9 Å². The number of carbonyl (C=O) groups excluding carboxylic acids is 1. The van der Waals surface area contributed by atoms with E-state index in [2.05, 4.69) is 43.1 Å². The predicted molar refractivity (Wildman–Crippen MR) is 142 cm³/mol. The third-order valence-corrected chi connectivity index (χ3v) is 10.5. The lowest BCUT2D eigenvalue weighted by Crippen LogP contribution is -2.42. The molecule has 3 aliphatic rings. The highest BCUT2D eigenvalue weighted by atomic mass is 32.2. The molecule has 2 aliphatic heterocycles. The molecular weight excluding hydrogens is 458 g/mol. The van der Waals surface area contributed by atoms with Gasteiger partial charge in [0.1, 0.15) is 0 Å². The second kappa shape index (κ2) is 11.3. The van der Waals surface area contributed by atoms with E-state index in [4.69, 9.17) is 0 Å². The topological polar surface area (TPSA) is 69.7 Å². The van der Waals surface area contributed by atoms with Gasteiger partial charge in [-0.15, -0.1) is 0 Å². The summed E-state index contributed by atoms with van der Waals surface area (Å²) in [4.78, 5) is 15.6. The molecule has 35 heavy (non-hydrogen) atoms. The fraction of sp³-hybridized carbons (Fsp3) is 0.750. The standard InChI is InChI=1S/C28H45N3O3S/c1-5-35(33,34)31-14-12-22(13-15-31)17-29-28(32)24-10-11-26-25(16-24)19-30(27(26)20(2)3)18-23-8-6-21(4)7-9-23/h10-11,16,20-23,27H,5-9,12-15,17-19H2,1-4H3,(H,29,32)/t21-,23-,27-/m1/s1. The number of amides is 1. The lowest BCUT2D eigenvalue weighted by Gasteiger charge is -2.34. The molecule has 0 aromatic heterocycles. The van der Waals surface area contributed by atoms with Gasteiger partial charge in [-0.05, 0) is 79.5 Å². The van der Waals surface area contributed by atoms with Gasteiger partial charge in [0.05, 0.1) is 5.75 Å². The minimum atomic E-state index is -3.11. The Balaban J connectivity index is 1.33. The van der Waals surface area contributed by atoms with Crippen molar-refractivity contribution < 1.29 is 13.2 Å². The summed E-state index contributed by atoms with van der Waals surface area (Å²) in [5, 5.41) is 3.12. The van der Waals surface area contributed by atoms with Crippen LogP contribution in [0.3, 0.4) is 0 Å². The van der Waals surface area contributed by atoms with Crippen LogP contribution < -0.4 is 5.32 Å². The van der Waals surface area contributed by atoms with Gasteiger partial charge in [0.2, 0.25) is 10.0 Å². The van der Waals surface area contributed by atoms with Crippen molar-refractivity contribution in [3.63, 3.8) is 0 Å². The van der Waals surface area contributed by atoms with Crippen LogP contribution in [-0.4, -0.2) is 55.5 Å². The van der Waals surface area contributed by atoms with Crippen LogP contribution in [0.4, 0.5) is 0 Å². The highest BCUT2D eigenvalue weighted by Gasteiger charge is 2.35. The van der Waals surface area contributed by atoms with Crippen LogP contribution in [0.2, 0.25) is 0 Å². The molecule has 1 aromatic rings. The van der Waals surface area contributed by atoms with Crippen LogP contribution in [0, 0.1) is 23.7 Å². The van der Waals surface area contributed by atoms with Gasteiger partial charge < -0.3 is 5.32 Å². The zero-order chi connectivity index (χ0) is 25.2. The van der Waals surface area contributed by atoms with Gasteiger partial charge >= 0.3 is 0 Å². The Labute approximate surface area is 212 Å². The van der Waals surface area contributed by atoms with E-state index >= 15 is 0 Å². The fourth-order valence-corrected chi connectivity index (χ4v) is 7.53. The molecule has 0 bridgehead atoms. The van der Waals surface area contributed by atoms with Crippen LogP contribution in [0.15, 0.2) is 18.2 Å². The molecule has 196 valence electrons. The lowest BCUT2D eigenvalue weighted by molar-refractivity contribution is 0.0941. The van der Waals surface area contributed by atoms with E-state index < -0.39 is 10.0 Å². The Morgan fingerprint density at radius 2 is 1.74 bits per heavy atom. The third kappa shape index (κ3) is 6.28. The molecule has 2 fully saturated rings. The van der Waals surface area contributed by atoms with Crippen molar-refractivity contribution in [3.8, 4) is 0 Å². The van der Waals surface area contributed by atoms with E-state index in [1.807, 2.05) is 6.07 Å². The normalized spacial score (nSPS) is 26.7. The van der Waals surface area contributed by atoms with Crippen molar-refractivity contribution in [2.45, 2.75) is 78.8 Å². The summed E-state index contributed by atoms with van der Waals surface area (Å²) in [5.74, 6) is 2.68. The second-order valence-electron chi connectivity index (χ2n) is 11.6. The van der Waals surface area contributed by atoms with Gasteiger partial charge in [0.15, 0.2) is 0 Å². The number of nitrogens with zero attached hydrogens (tertiary/aromatic N) is 2. The van der Waals surface area contributed by atoms with Crippen LogP contribution >= 0.6 is 0 Å². The Morgan fingerprint density at radius 1 is 1.06 bits per heavy atom. The average molecular weight is 504 g/mol. The number of piperidine rings is 1. The summed E-state index contributed by atoms with van der Waals surface area (Å²) >= 11 is 0. The molecule has 1 amide bonds. The summed E-state index contributed by atoms with van der Waals surface area (Å²) in [6, 6.07) is 6.72. The highest BCUT2D eigenvalue weighted by Crippen LogP contribution is 2.41. The number of nitrogens with one attached hydrogen (secondary N) is 1. The van der Waals surface area contributed by atoms with E-state index in [1.54, 1.807) is 11.2 Å². The predicted octanol–water partition coefficient (Wildman–Crippen LogP) is 4.82. The third-order valence-electron chi connectivity index (χ3n) is 8.63. The van der Waals surface area contributed by atoms with Crippen molar-refractivity contribution in [1.29, 1.82) is 0 Å². The Morgan fingerprint density at radius 3 is 2.37 bits per heavy atom. The molecule has 6 nitrogen and oxygen atoms in total. The van der Waals surface area contributed by atoms with E-state index in [1.165, 1.54) is 36.8 Å². The number of rotatable bonds is 8. The first-order valence-electron chi connectivity index (χ1n) is 13.8. The van der Waals surface area contributed by atoms with Crippen molar-refractivity contribution in [3.05, 3.63) is 34.9 Å². The Kier molecular flexibility index (Phi) is 8.60. The maximum absolute atomic E-state index is 13.0. The largest absolute Gasteiger partial charge is 0.352 e. The van der Waals surface area contributed by atoms with Crippen LogP contribution in [0.25, 0.3) is 0 Å². The van der Waals surface area contributed by atoms with Crippen LogP contribution in [0.5, 0.6) is 0 Å². The minimum Gasteiger partial charge on any atom is -0.352 e. The van der Waals surface area contributed by atoms with Crippen molar-refractivity contribution >= 4 is 15.9 Å². The molecule has 0 unspecified atom stereocenters. The summed E-state index contributed by atoms with van der Waals surface area (Å²) in [6.07, 6.45) is 7.00.